The van der Waals surface area contributed by atoms with Gasteiger partial charge in [0.15, 0.2) is 5.82 Å². The minimum Gasteiger partial charge on any atom is -0.350 e. The van der Waals surface area contributed by atoms with Gasteiger partial charge in [-0.15, -0.1) is 5.10 Å². The minimum atomic E-state index is 0.469. The third-order valence-electron chi connectivity index (χ3n) is 4.43. The third-order valence-corrected chi connectivity index (χ3v) is 4.84. The van der Waals surface area contributed by atoms with Gasteiger partial charge in [-0.1, -0.05) is 41.9 Å². The van der Waals surface area contributed by atoms with Crippen molar-refractivity contribution < 1.29 is 0 Å². The van der Waals surface area contributed by atoms with Crippen LogP contribution in [0, 0.1) is 6.92 Å². The van der Waals surface area contributed by atoms with Crippen molar-refractivity contribution in [1.82, 2.24) is 15.2 Å². The number of fused-ring (bicyclic) bond motifs is 1. The van der Waals surface area contributed by atoms with Gasteiger partial charge in [-0.25, -0.2) is 0 Å². The number of hydrogen-bond acceptors (Lipinski definition) is 5. The summed E-state index contributed by atoms with van der Waals surface area (Å²) in [5, 5.41) is 12.1. The van der Waals surface area contributed by atoms with E-state index in [9.17, 15) is 0 Å². The molecule has 1 aliphatic rings. The lowest BCUT2D eigenvalue weighted by molar-refractivity contribution is 0.715. The fraction of sp³-hybridized carbons (Fsp3) is 0.211. The molecule has 1 N–H and O–H groups in total. The molecular weight excluding hydrogens is 334 g/mol. The quantitative estimate of drug-likeness (QED) is 0.768. The van der Waals surface area contributed by atoms with Crippen molar-refractivity contribution in [1.29, 1.82) is 0 Å². The Morgan fingerprint density at radius 3 is 2.80 bits per heavy atom. The van der Waals surface area contributed by atoms with E-state index in [0.29, 0.717) is 11.0 Å². The van der Waals surface area contributed by atoms with E-state index < -0.39 is 0 Å². The van der Waals surface area contributed by atoms with Crippen LogP contribution in [0.2, 0.25) is 5.02 Å². The number of aryl methyl sites for hydroxylation is 1. The second kappa shape index (κ2) is 6.69. The summed E-state index contributed by atoms with van der Waals surface area (Å²) >= 11 is 6.18. The maximum atomic E-state index is 6.18. The average Bonchev–Trinajstić information content (AvgIpc) is 2.65. The van der Waals surface area contributed by atoms with Gasteiger partial charge in [0.2, 0.25) is 5.95 Å². The molecule has 0 saturated heterocycles. The molecular formula is C19H18ClN5. The Labute approximate surface area is 151 Å². The predicted molar refractivity (Wildman–Crippen MR) is 100 cm³/mol. The number of nitrogens with zero attached hydrogens (tertiary/aromatic N) is 4. The molecule has 3 aromatic rings. The van der Waals surface area contributed by atoms with Gasteiger partial charge in [0.1, 0.15) is 0 Å². The number of aromatic nitrogens is 3. The van der Waals surface area contributed by atoms with Crippen molar-refractivity contribution in [2.24, 2.45) is 0 Å². The highest BCUT2D eigenvalue weighted by atomic mass is 35.5. The number of halogens is 1. The number of hydrogen-bond donors (Lipinski definition) is 1. The molecule has 5 nitrogen and oxygen atoms in total. The molecule has 0 bridgehead atoms. The first-order chi connectivity index (χ1) is 12.2. The van der Waals surface area contributed by atoms with Crippen LogP contribution in [0.3, 0.4) is 0 Å². The third kappa shape index (κ3) is 3.42. The molecule has 2 heterocycles. The Bertz CT molecular complexity index is 912. The van der Waals surface area contributed by atoms with Gasteiger partial charge >= 0.3 is 0 Å². The van der Waals surface area contributed by atoms with Crippen molar-refractivity contribution in [2.45, 2.75) is 19.9 Å². The lowest BCUT2D eigenvalue weighted by Crippen LogP contribution is -2.31. The van der Waals surface area contributed by atoms with Crippen LogP contribution in [0.15, 0.2) is 48.7 Å². The van der Waals surface area contributed by atoms with Crippen molar-refractivity contribution in [3.63, 3.8) is 0 Å². The molecule has 25 heavy (non-hydrogen) atoms. The summed E-state index contributed by atoms with van der Waals surface area (Å²) in [6.07, 6.45) is 2.72. The fourth-order valence-corrected chi connectivity index (χ4v) is 3.17. The zero-order valence-electron chi connectivity index (χ0n) is 13.9. The first-order valence-electron chi connectivity index (χ1n) is 8.24. The normalized spacial score (nSPS) is 13.4. The Hall–Kier alpha value is -2.66. The van der Waals surface area contributed by atoms with Gasteiger partial charge in [0.25, 0.3) is 0 Å². The van der Waals surface area contributed by atoms with Crippen LogP contribution >= 0.6 is 11.6 Å². The summed E-state index contributed by atoms with van der Waals surface area (Å²) in [4.78, 5) is 6.84. The highest BCUT2D eigenvalue weighted by Crippen LogP contribution is 2.25. The Morgan fingerprint density at radius 1 is 1.12 bits per heavy atom. The van der Waals surface area contributed by atoms with E-state index in [1.807, 2.05) is 25.1 Å². The second-order valence-electron chi connectivity index (χ2n) is 6.17. The Morgan fingerprint density at radius 2 is 1.96 bits per heavy atom. The molecule has 1 aromatic heterocycles. The van der Waals surface area contributed by atoms with Gasteiger partial charge in [0.05, 0.1) is 6.20 Å². The molecule has 1 aliphatic heterocycles. The van der Waals surface area contributed by atoms with Gasteiger partial charge in [-0.2, -0.15) is 10.1 Å². The molecule has 0 unspecified atom stereocenters. The topological polar surface area (TPSA) is 53.9 Å². The molecule has 6 heteroatoms. The van der Waals surface area contributed by atoms with Crippen LogP contribution in [0.5, 0.6) is 0 Å². The molecule has 0 amide bonds. The lowest BCUT2D eigenvalue weighted by atomic mass is 10.0. The summed E-state index contributed by atoms with van der Waals surface area (Å²) in [6, 6.07) is 14.3. The van der Waals surface area contributed by atoms with Crippen LogP contribution in [-0.2, 0) is 13.0 Å². The van der Waals surface area contributed by atoms with E-state index >= 15 is 0 Å². The van der Waals surface area contributed by atoms with Crippen molar-refractivity contribution in [3.8, 4) is 0 Å². The molecule has 0 spiro atoms. The van der Waals surface area contributed by atoms with E-state index in [2.05, 4.69) is 49.7 Å². The molecule has 2 aromatic carbocycles. The van der Waals surface area contributed by atoms with Crippen LogP contribution in [0.25, 0.3) is 0 Å². The molecule has 0 radical (unpaired) electrons. The SMILES string of the molecule is Cc1ccc(Nc2nncc(N3CCc4ccccc4C3)n2)cc1Cl. The minimum absolute atomic E-state index is 0.469. The van der Waals surface area contributed by atoms with E-state index in [1.54, 1.807) is 6.20 Å². The predicted octanol–water partition coefficient (Wildman–Crippen LogP) is 4.14. The van der Waals surface area contributed by atoms with Gasteiger partial charge < -0.3 is 10.2 Å². The molecule has 4 rings (SSSR count). The van der Waals surface area contributed by atoms with E-state index in [-0.39, 0.29) is 0 Å². The monoisotopic (exact) mass is 351 g/mol. The largest absolute Gasteiger partial charge is 0.350 e. The van der Waals surface area contributed by atoms with Crippen molar-refractivity contribution in [3.05, 3.63) is 70.4 Å². The zero-order valence-corrected chi connectivity index (χ0v) is 14.7. The number of benzene rings is 2. The fourth-order valence-electron chi connectivity index (χ4n) is 2.99. The first kappa shape index (κ1) is 15.8. The summed E-state index contributed by atoms with van der Waals surface area (Å²) in [5.41, 5.74) is 4.63. The van der Waals surface area contributed by atoms with Crippen LogP contribution in [-0.4, -0.2) is 21.7 Å². The molecule has 0 saturated carbocycles. The van der Waals surface area contributed by atoms with E-state index in [1.165, 1.54) is 11.1 Å². The van der Waals surface area contributed by atoms with Gasteiger partial charge in [0, 0.05) is 23.8 Å². The molecule has 0 atom stereocenters. The Balaban J connectivity index is 1.55. The maximum Gasteiger partial charge on any atom is 0.249 e. The molecule has 126 valence electrons. The number of anilines is 3. The van der Waals surface area contributed by atoms with Crippen LogP contribution < -0.4 is 10.2 Å². The second-order valence-corrected chi connectivity index (χ2v) is 6.57. The molecule has 0 aliphatic carbocycles. The van der Waals surface area contributed by atoms with Crippen LogP contribution in [0.1, 0.15) is 16.7 Å². The maximum absolute atomic E-state index is 6.18. The summed E-state index contributed by atoms with van der Waals surface area (Å²) < 4.78 is 0. The molecule has 0 fully saturated rings. The lowest BCUT2D eigenvalue weighted by Gasteiger charge is -2.29. The summed E-state index contributed by atoms with van der Waals surface area (Å²) in [7, 11) is 0. The van der Waals surface area contributed by atoms with Crippen LogP contribution in [0.4, 0.5) is 17.5 Å². The van der Waals surface area contributed by atoms with Crippen molar-refractivity contribution in [2.75, 3.05) is 16.8 Å². The van der Waals surface area contributed by atoms with Gasteiger partial charge in [-0.05, 0) is 42.2 Å². The van der Waals surface area contributed by atoms with E-state index in [4.69, 9.17) is 11.6 Å². The highest BCUT2D eigenvalue weighted by molar-refractivity contribution is 6.31. The average molecular weight is 352 g/mol. The summed E-state index contributed by atoms with van der Waals surface area (Å²) in [6.45, 7) is 3.73. The zero-order chi connectivity index (χ0) is 17.2. The summed E-state index contributed by atoms with van der Waals surface area (Å²) in [5.74, 6) is 1.29. The standard InChI is InChI=1S/C19H18ClN5/c1-13-6-7-16(10-17(13)20)22-19-23-18(11-21-24-19)25-9-8-14-4-2-3-5-15(14)12-25/h2-7,10-11H,8-9,12H2,1H3,(H,22,23,24). The smallest absolute Gasteiger partial charge is 0.249 e. The van der Waals surface area contributed by atoms with Crippen molar-refractivity contribution >= 4 is 29.1 Å². The number of nitrogens with one attached hydrogen (secondary N) is 1. The highest BCUT2D eigenvalue weighted by Gasteiger charge is 2.18. The number of rotatable bonds is 3. The van der Waals surface area contributed by atoms with Gasteiger partial charge in [-0.3, -0.25) is 0 Å². The van der Waals surface area contributed by atoms with E-state index in [0.717, 1.165) is 36.6 Å². The Kier molecular flexibility index (Phi) is 4.24. The first-order valence-corrected chi connectivity index (χ1v) is 8.61.